The quantitative estimate of drug-likeness (QED) is 0.386. The Kier molecular flexibility index (Phi) is 6.82. The summed E-state index contributed by atoms with van der Waals surface area (Å²) >= 11 is 6.38. The van der Waals surface area contributed by atoms with E-state index in [1.54, 1.807) is 0 Å². The first-order chi connectivity index (χ1) is 17.5. The number of hydrogen-bond acceptors (Lipinski definition) is 6. The van der Waals surface area contributed by atoms with Crippen molar-refractivity contribution in [3.8, 4) is 0 Å². The van der Waals surface area contributed by atoms with Gasteiger partial charge in [-0.25, -0.2) is 9.97 Å². The van der Waals surface area contributed by atoms with Crippen molar-refractivity contribution < 1.29 is 14.7 Å². The molecule has 0 unspecified atom stereocenters. The van der Waals surface area contributed by atoms with E-state index in [0.717, 1.165) is 42.3 Å². The van der Waals surface area contributed by atoms with E-state index in [2.05, 4.69) is 20.2 Å². The fraction of sp³-hybridized carbons (Fsp3) is 0.214. The zero-order chi connectivity index (χ0) is 25.1. The average molecular weight is 500 g/mol. The van der Waals surface area contributed by atoms with Crippen molar-refractivity contribution in [2.24, 2.45) is 0 Å². The van der Waals surface area contributed by atoms with Crippen LogP contribution < -0.4 is 15.3 Å². The van der Waals surface area contributed by atoms with Crippen LogP contribution in [0, 0.1) is 0 Å². The molecule has 1 amide bonds. The number of carboxylic acids is 1. The van der Waals surface area contributed by atoms with E-state index in [1.807, 2.05) is 66.7 Å². The summed E-state index contributed by atoms with van der Waals surface area (Å²) in [6.45, 7) is 1.61. The third-order valence-corrected chi connectivity index (χ3v) is 6.61. The molecule has 1 aromatic heterocycles. The molecule has 0 radical (unpaired) electrons. The Balaban J connectivity index is 1.31. The van der Waals surface area contributed by atoms with Crippen molar-refractivity contribution in [1.29, 1.82) is 0 Å². The number of benzene rings is 3. The van der Waals surface area contributed by atoms with Crippen molar-refractivity contribution in [3.63, 3.8) is 0 Å². The Hall–Kier alpha value is -3.97. The smallest absolute Gasteiger partial charge is 0.255 e. The van der Waals surface area contributed by atoms with Crippen LogP contribution in [0.4, 0.5) is 11.5 Å². The average Bonchev–Trinajstić information content (AvgIpc) is 3.41. The zero-order valence-corrected chi connectivity index (χ0v) is 20.3. The van der Waals surface area contributed by atoms with Gasteiger partial charge in [0.25, 0.3) is 5.91 Å². The van der Waals surface area contributed by atoms with Gasteiger partial charge in [-0.1, -0.05) is 54.1 Å². The number of rotatable bonds is 7. The molecule has 1 N–H and O–H groups in total. The van der Waals surface area contributed by atoms with Crippen LogP contribution >= 0.6 is 11.6 Å². The molecule has 0 aliphatic carbocycles. The SMILES string of the molecule is O=C([O-])Cc1c(Cl)nc(Cc2ccc(NC(=O)c3ccc4ccccc4c3)cc2)nc1N1CCCC1. The fourth-order valence-electron chi connectivity index (χ4n) is 4.48. The molecule has 1 fully saturated rings. The molecule has 2 heterocycles. The first-order valence-corrected chi connectivity index (χ1v) is 12.2. The molecule has 0 spiro atoms. The number of carbonyl (C=O) groups is 2. The molecule has 8 heteroatoms. The summed E-state index contributed by atoms with van der Waals surface area (Å²) in [7, 11) is 0. The first-order valence-electron chi connectivity index (χ1n) is 11.9. The molecule has 1 aliphatic rings. The maximum atomic E-state index is 12.7. The van der Waals surface area contributed by atoms with Crippen LogP contribution in [0.2, 0.25) is 5.15 Å². The predicted molar refractivity (Wildman–Crippen MR) is 138 cm³/mol. The monoisotopic (exact) mass is 499 g/mol. The van der Waals surface area contributed by atoms with Crippen LogP contribution in [0.3, 0.4) is 0 Å². The lowest BCUT2D eigenvalue weighted by molar-refractivity contribution is -0.304. The van der Waals surface area contributed by atoms with E-state index in [-0.39, 0.29) is 17.5 Å². The van der Waals surface area contributed by atoms with Crippen LogP contribution in [0.25, 0.3) is 10.8 Å². The molecule has 5 rings (SSSR count). The highest BCUT2D eigenvalue weighted by atomic mass is 35.5. The lowest BCUT2D eigenvalue weighted by Crippen LogP contribution is -2.28. The van der Waals surface area contributed by atoms with Crippen molar-refractivity contribution in [2.75, 3.05) is 23.3 Å². The summed E-state index contributed by atoms with van der Waals surface area (Å²) in [5, 5.41) is 16.4. The number of amides is 1. The fourth-order valence-corrected chi connectivity index (χ4v) is 4.72. The second kappa shape index (κ2) is 10.3. The van der Waals surface area contributed by atoms with Crippen LogP contribution in [-0.4, -0.2) is 34.9 Å². The summed E-state index contributed by atoms with van der Waals surface area (Å²) in [6.07, 6.45) is 2.14. The molecule has 4 aromatic rings. The Labute approximate surface area is 213 Å². The molecule has 36 heavy (non-hydrogen) atoms. The molecule has 1 saturated heterocycles. The number of aromatic nitrogens is 2. The summed E-state index contributed by atoms with van der Waals surface area (Å²) in [5.41, 5.74) is 2.61. The topological polar surface area (TPSA) is 98.2 Å². The van der Waals surface area contributed by atoms with Gasteiger partial charge in [0, 0.05) is 48.7 Å². The molecule has 182 valence electrons. The molecule has 0 atom stereocenters. The summed E-state index contributed by atoms with van der Waals surface area (Å²) < 4.78 is 0. The van der Waals surface area contributed by atoms with E-state index < -0.39 is 5.97 Å². The number of nitrogens with one attached hydrogen (secondary N) is 1. The van der Waals surface area contributed by atoms with Crippen LogP contribution in [-0.2, 0) is 17.6 Å². The molecule has 0 saturated carbocycles. The molecule has 7 nitrogen and oxygen atoms in total. The molecule has 0 bridgehead atoms. The lowest BCUT2D eigenvalue weighted by Gasteiger charge is -2.22. The number of fused-ring (bicyclic) bond motifs is 1. The highest BCUT2D eigenvalue weighted by molar-refractivity contribution is 6.30. The highest BCUT2D eigenvalue weighted by Gasteiger charge is 2.21. The number of hydrogen-bond donors (Lipinski definition) is 1. The van der Waals surface area contributed by atoms with Gasteiger partial charge in [0.15, 0.2) is 0 Å². The van der Waals surface area contributed by atoms with Crippen molar-refractivity contribution in [2.45, 2.75) is 25.7 Å². The number of halogens is 1. The minimum absolute atomic E-state index is 0.144. The Morgan fingerprint density at radius 2 is 1.67 bits per heavy atom. The first kappa shape index (κ1) is 23.8. The maximum Gasteiger partial charge on any atom is 0.255 e. The van der Waals surface area contributed by atoms with Crippen LogP contribution in [0.5, 0.6) is 0 Å². The van der Waals surface area contributed by atoms with Gasteiger partial charge in [-0.15, -0.1) is 0 Å². The van der Waals surface area contributed by atoms with Gasteiger partial charge >= 0.3 is 0 Å². The summed E-state index contributed by atoms with van der Waals surface area (Å²) in [5.74, 6) is -0.305. The molecule has 1 aliphatic heterocycles. The van der Waals surface area contributed by atoms with Gasteiger partial charge in [0.1, 0.15) is 16.8 Å². The molecular weight excluding hydrogens is 476 g/mol. The number of anilines is 2. The van der Waals surface area contributed by atoms with Gasteiger partial charge in [-0.2, -0.15) is 0 Å². The van der Waals surface area contributed by atoms with Gasteiger partial charge in [0.05, 0.1) is 0 Å². The number of nitrogens with zero attached hydrogens (tertiary/aromatic N) is 3. The Bertz CT molecular complexity index is 1430. The summed E-state index contributed by atoms with van der Waals surface area (Å²) in [6, 6.07) is 21.0. The second-order valence-corrected chi connectivity index (χ2v) is 9.22. The van der Waals surface area contributed by atoms with E-state index in [9.17, 15) is 14.7 Å². The standard InChI is InChI=1S/C28H25ClN4O3/c29-26-23(17-25(34)35)27(33-13-3-4-14-33)32-24(31-26)15-18-7-11-22(12-8-18)30-28(36)21-10-9-19-5-1-2-6-20(19)16-21/h1-2,5-12,16H,3-4,13-15,17H2,(H,30,36)(H,34,35)/p-1. The number of aliphatic carboxylic acids is 1. The lowest BCUT2D eigenvalue weighted by atomic mass is 10.1. The van der Waals surface area contributed by atoms with Gasteiger partial charge < -0.3 is 20.1 Å². The van der Waals surface area contributed by atoms with Crippen molar-refractivity contribution in [1.82, 2.24) is 9.97 Å². The zero-order valence-electron chi connectivity index (χ0n) is 19.5. The highest BCUT2D eigenvalue weighted by Crippen LogP contribution is 2.28. The molecule has 3 aromatic carbocycles. The largest absolute Gasteiger partial charge is 0.550 e. The number of carboxylic acid groups (broad SMARTS) is 1. The van der Waals surface area contributed by atoms with E-state index in [0.29, 0.717) is 34.9 Å². The number of carbonyl (C=O) groups excluding carboxylic acids is 2. The van der Waals surface area contributed by atoms with Gasteiger partial charge in [0.2, 0.25) is 0 Å². The third kappa shape index (κ3) is 5.31. The maximum absolute atomic E-state index is 12.7. The Morgan fingerprint density at radius 3 is 2.39 bits per heavy atom. The van der Waals surface area contributed by atoms with Gasteiger partial charge in [-0.3, -0.25) is 4.79 Å². The molecular formula is C28H24ClN4O3-. The minimum atomic E-state index is -1.21. The van der Waals surface area contributed by atoms with Crippen LogP contribution in [0.15, 0.2) is 66.7 Å². The van der Waals surface area contributed by atoms with Crippen LogP contribution in [0.1, 0.15) is 40.2 Å². The summed E-state index contributed by atoms with van der Waals surface area (Å²) in [4.78, 5) is 35.1. The predicted octanol–water partition coefficient (Wildman–Crippen LogP) is 4.02. The minimum Gasteiger partial charge on any atom is -0.550 e. The normalized spacial score (nSPS) is 13.2. The van der Waals surface area contributed by atoms with Gasteiger partial charge in [-0.05, 0) is 53.4 Å². The second-order valence-electron chi connectivity index (χ2n) is 8.87. The van der Waals surface area contributed by atoms with Crippen molar-refractivity contribution >= 4 is 45.8 Å². The van der Waals surface area contributed by atoms with E-state index in [4.69, 9.17) is 11.6 Å². The van der Waals surface area contributed by atoms with E-state index >= 15 is 0 Å². The Morgan fingerprint density at radius 1 is 0.944 bits per heavy atom. The van der Waals surface area contributed by atoms with E-state index in [1.165, 1.54) is 0 Å². The van der Waals surface area contributed by atoms with Crippen molar-refractivity contribution in [3.05, 3.63) is 94.4 Å². The third-order valence-electron chi connectivity index (χ3n) is 6.29.